The molecule has 1 nitrogen and oxygen atoms in total. The van der Waals surface area contributed by atoms with Gasteiger partial charge in [-0.25, -0.2) is 0 Å². The van der Waals surface area contributed by atoms with Crippen molar-refractivity contribution in [1.29, 1.82) is 0 Å². The zero-order valence-corrected chi connectivity index (χ0v) is 12.2. The fourth-order valence-electron chi connectivity index (χ4n) is 2.08. The second-order valence-electron chi connectivity index (χ2n) is 5.09. The lowest BCUT2D eigenvalue weighted by Gasteiger charge is -2.05. The standard InChI is InChI=1S/C16H21NS/c1-12(2)10-13-4-6-14(7-5-13)16-9-8-15(18-16)11-17-3/h4-9,12,17H,10-11H2,1-3H3. The van der Waals surface area contributed by atoms with E-state index in [9.17, 15) is 0 Å². The molecule has 0 fully saturated rings. The van der Waals surface area contributed by atoms with Crippen molar-refractivity contribution in [1.82, 2.24) is 5.32 Å². The van der Waals surface area contributed by atoms with Gasteiger partial charge in [0.05, 0.1) is 0 Å². The second kappa shape index (κ2) is 6.17. The quantitative estimate of drug-likeness (QED) is 0.842. The highest BCUT2D eigenvalue weighted by molar-refractivity contribution is 7.15. The summed E-state index contributed by atoms with van der Waals surface area (Å²) < 4.78 is 0. The molecule has 0 spiro atoms. The molecular weight excluding hydrogens is 238 g/mol. The Hall–Kier alpha value is -1.12. The van der Waals surface area contributed by atoms with Crippen molar-refractivity contribution in [2.75, 3.05) is 7.05 Å². The van der Waals surface area contributed by atoms with Gasteiger partial charge in [0.15, 0.2) is 0 Å². The maximum absolute atomic E-state index is 3.19. The Bertz CT molecular complexity index is 482. The minimum Gasteiger partial charge on any atom is -0.315 e. The van der Waals surface area contributed by atoms with Gasteiger partial charge >= 0.3 is 0 Å². The molecule has 1 aromatic carbocycles. The topological polar surface area (TPSA) is 12.0 Å². The number of nitrogens with one attached hydrogen (secondary N) is 1. The van der Waals surface area contributed by atoms with Gasteiger partial charge in [0, 0.05) is 16.3 Å². The molecule has 1 N–H and O–H groups in total. The molecule has 0 unspecified atom stereocenters. The van der Waals surface area contributed by atoms with Crippen molar-refractivity contribution in [3.8, 4) is 10.4 Å². The van der Waals surface area contributed by atoms with Crippen LogP contribution in [0.25, 0.3) is 10.4 Å². The van der Waals surface area contributed by atoms with Crippen molar-refractivity contribution >= 4 is 11.3 Å². The summed E-state index contributed by atoms with van der Waals surface area (Å²) in [4.78, 5) is 2.75. The molecule has 0 saturated carbocycles. The lowest BCUT2D eigenvalue weighted by Crippen LogP contribution is -2.02. The number of rotatable bonds is 5. The summed E-state index contributed by atoms with van der Waals surface area (Å²) in [6, 6.07) is 13.4. The first-order chi connectivity index (χ1) is 8.69. The molecule has 0 amide bonds. The average Bonchev–Trinajstić information content (AvgIpc) is 2.78. The minimum absolute atomic E-state index is 0.722. The van der Waals surface area contributed by atoms with Gasteiger partial charge in [-0.1, -0.05) is 38.1 Å². The van der Waals surface area contributed by atoms with Crippen LogP contribution in [0, 0.1) is 5.92 Å². The molecule has 0 atom stereocenters. The van der Waals surface area contributed by atoms with Crippen LogP contribution in [0.5, 0.6) is 0 Å². The van der Waals surface area contributed by atoms with Crippen LogP contribution in [-0.4, -0.2) is 7.05 Å². The van der Waals surface area contributed by atoms with E-state index >= 15 is 0 Å². The van der Waals surface area contributed by atoms with E-state index in [-0.39, 0.29) is 0 Å². The maximum atomic E-state index is 3.19. The number of thiophene rings is 1. The summed E-state index contributed by atoms with van der Waals surface area (Å²) in [5, 5.41) is 3.19. The van der Waals surface area contributed by atoms with Crippen LogP contribution in [0.15, 0.2) is 36.4 Å². The van der Waals surface area contributed by atoms with Gasteiger partial charge in [-0.3, -0.25) is 0 Å². The number of hydrogen-bond donors (Lipinski definition) is 1. The first-order valence-electron chi connectivity index (χ1n) is 6.51. The summed E-state index contributed by atoms with van der Waals surface area (Å²) in [5.74, 6) is 0.722. The molecule has 18 heavy (non-hydrogen) atoms. The molecule has 0 aliphatic carbocycles. The number of benzene rings is 1. The van der Waals surface area contributed by atoms with Gasteiger partial charge < -0.3 is 5.32 Å². The highest BCUT2D eigenvalue weighted by atomic mass is 32.1. The largest absolute Gasteiger partial charge is 0.315 e. The molecule has 0 bridgehead atoms. The third kappa shape index (κ3) is 3.44. The fourth-order valence-corrected chi connectivity index (χ4v) is 3.10. The van der Waals surface area contributed by atoms with Gasteiger partial charge in [0.2, 0.25) is 0 Å². The van der Waals surface area contributed by atoms with Crippen LogP contribution >= 0.6 is 11.3 Å². The van der Waals surface area contributed by atoms with Crippen LogP contribution in [0.1, 0.15) is 24.3 Å². The SMILES string of the molecule is CNCc1ccc(-c2ccc(CC(C)C)cc2)s1. The first-order valence-corrected chi connectivity index (χ1v) is 7.33. The van der Waals surface area contributed by atoms with E-state index in [1.807, 2.05) is 18.4 Å². The van der Waals surface area contributed by atoms with Gasteiger partial charge in [-0.05, 0) is 42.6 Å². The minimum atomic E-state index is 0.722. The molecule has 0 aliphatic rings. The lowest BCUT2D eigenvalue weighted by molar-refractivity contribution is 0.647. The highest BCUT2D eigenvalue weighted by Crippen LogP contribution is 2.28. The molecule has 0 aliphatic heterocycles. The van der Waals surface area contributed by atoms with Gasteiger partial charge in [0.25, 0.3) is 0 Å². The highest BCUT2D eigenvalue weighted by Gasteiger charge is 2.03. The first kappa shape index (κ1) is 13.3. The van der Waals surface area contributed by atoms with E-state index < -0.39 is 0 Å². The summed E-state index contributed by atoms with van der Waals surface area (Å²) in [6.45, 7) is 5.48. The number of hydrogen-bond acceptors (Lipinski definition) is 2. The molecule has 0 saturated heterocycles. The van der Waals surface area contributed by atoms with E-state index in [1.54, 1.807) is 0 Å². The summed E-state index contributed by atoms with van der Waals surface area (Å²) in [7, 11) is 1.99. The Labute approximate surface area is 114 Å². The van der Waals surface area contributed by atoms with Gasteiger partial charge in [0.1, 0.15) is 0 Å². The van der Waals surface area contributed by atoms with Crippen molar-refractivity contribution in [2.45, 2.75) is 26.8 Å². The Kier molecular flexibility index (Phi) is 4.56. The van der Waals surface area contributed by atoms with Crippen LogP contribution < -0.4 is 5.32 Å². The van der Waals surface area contributed by atoms with Crippen LogP contribution in [0.2, 0.25) is 0 Å². The Morgan fingerprint density at radius 2 is 1.78 bits per heavy atom. The Morgan fingerprint density at radius 1 is 1.06 bits per heavy atom. The third-order valence-corrected chi connectivity index (χ3v) is 4.03. The fraction of sp³-hybridized carbons (Fsp3) is 0.375. The molecule has 96 valence electrons. The van der Waals surface area contributed by atoms with Crippen molar-refractivity contribution in [3.63, 3.8) is 0 Å². The lowest BCUT2D eigenvalue weighted by atomic mass is 10.0. The van der Waals surface area contributed by atoms with E-state index in [1.165, 1.54) is 20.9 Å². The predicted octanol–water partition coefficient (Wildman–Crippen LogP) is 4.33. The van der Waals surface area contributed by atoms with E-state index in [2.05, 4.69) is 55.6 Å². The van der Waals surface area contributed by atoms with Crippen LogP contribution in [-0.2, 0) is 13.0 Å². The van der Waals surface area contributed by atoms with E-state index in [4.69, 9.17) is 0 Å². The molecule has 0 radical (unpaired) electrons. The Morgan fingerprint density at radius 3 is 2.39 bits per heavy atom. The Balaban J connectivity index is 2.12. The molecule has 1 aromatic heterocycles. The zero-order valence-electron chi connectivity index (χ0n) is 11.4. The summed E-state index contributed by atoms with van der Waals surface area (Å²) in [5.41, 5.74) is 2.76. The smallest absolute Gasteiger partial charge is 0.0346 e. The summed E-state index contributed by atoms with van der Waals surface area (Å²) >= 11 is 1.87. The van der Waals surface area contributed by atoms with Gasteiger partial charge in [-0.15, -0.1) is 11.3 Å². The molecule has 2 aromatic rings. The molecular formula is C16H21NS. The summed E-state index contributed by atoms with van der Waals surface area (Å²) in [6.07, 6.45) is 1.16. The van der Waals surface area contributed by atoms with Crippen molar-refractivity contribution in [3.05, 3.63) is 46.8 Å². The zero-order chi connectivity index (χ0) is 13.0. The van der Waals surface area contributed by atoms with Crippen molar-refractivity contribution in [2.24, 2.45) is 5.92 Å². The monoisotopic (exact) mass is 259 g/mol. The molecule has 2 heteroatoms. The van der Waals surface area contributed by atoms with E-state index in [0.717, 1.165) is 18.9 Å². The van der Waals surface area contributed by atoms with E-state index in [0.29, 0.717) is 0 Å². The second-order valence-corrected chi connectivity index (χ2v) is 6.26. The maximum Gasteiger partial charge on any atom is 0.0346 e. The van der Waals surface area contributed by atoms with Crippen LogP contribution in [0.4, 0.5) is 0 Å². The predicted molar refractivity (Wildman–Crippen MR) is 81.1 cm³/mol. The van der Waals surface area contributed by atoms with Crippen LogP contribution in [0.3, 0.4) is 0 Å². The average molecular weight is 259 g/mol. The molecule has 2 rings (SSSR count). The third-order valence-electron chi connectivity index (χ3n) is 2.90. The van der Waals surface area contributed by atoms with Crippen molar-refractivity contribution < 1.29 is 0 Å². The molecule has 1 heterocycles. The van der Waals surface area contributed by atoms with Gasteiger partial charge in [-0.2, -0.15) is 0 Å². The normalized spacial score (nSPS) is 11.1.